The highest BCUT2D eigenvalue weighted by Crippen LogP contribution is 2.16. The number of aryl methyl sites for hydroxylation is 1. The quantitative estimate of drug-likeness (QED) is 0.814. The second-order valence-corrected chi connectivity index (χ2v) is 6.55. The van der Waals surface area contributed by atoms with Gasteiger partial charge in [0.05, 0.1) is 6.54 Å². The third kappa shape index (κ3) is 3.83. The van der Waals surface area contributed by atoms with Crippen LogP contribution in [-0.2, 0) is 19.5 Å². The number of nitrogens with one attached hydrogen (secondary N) is 1. The summed E-state index contributed by atoms with van der Waals surface area (Å²) in [4.78, 5) is 2.64. The number of likely N-dealkylation sites (tertiary alicyclic amines) is 1. The Hall–Kier alpha value is -0.940. The number of aromatic nitrogens is 3. The van der Waals surface area contributed by atoms with Gasteiger partial charge < -0.3 is 14.8 Å². The zero-order valence-electron chi connectivity index (χ0n) is 13.4. The molecule has 0 aliphatic carbocycles. The van der Waals surface area contributed by atoms with Crippen LogP contribution in [0.2, 0.25) is 0 Å². The van der Waals surface area contributed by atoms with Crippen LogP contribution in [-0.4, -0.2) is 45.3 Å². The van der Waals surface area contributed by atoms with E-state index in [0.717, 1.165) is 37.9 Å². The molecule has 0 saturated carbocycles. The van der Waals surface area contributed by atoms with Crippen molar-refractivity contribution in [1.29, 1.82) is 0 Å². The summed E-state index contributed by atoms with van der Waals surface area (Å²) in [5, 5.41) is 12.2. The number of rotatable bonds is 6. The minimum Gasteiger partial charge on any atom is -0.314 e. The van der Waals surface area contributed by atoms with Gasteiger partial charge in [-0.2, -0.15) is 0 Å². The highest BCUT2D eigenvalue weighted by atomic mass is 15.3. The summed E-state index contributed by atoms with van der Waals surface area (Å²) in [5.74, 6) is 2.30. The fourth-order valence-corrected chi connectivity index (χ4v) is 3.60. The van der Waals surface area contributed by atoms with Crippen LogP contribution in [0.15, 0.2) is 0 Å². The molecule has 2 aliphatic heterocycles. The molecule has 1 fully saturated rings. The number of nitrogens with zero attached hydrogens (tertiary/aromatic N) is 4. The molecule has 0 spiro atoms. The first-order valence-electron chi connectivity index (χ1n) is 8.70. The average molecular weight is 291 g/mol. The molecule has 1 aromatic heterocycles. The molecule has 0 radical (unpaired) electrons. The van der Waals surface area contributed by atoms with Gasteiger partial charge in [-0.25, -0.2) is 0 Å². The van der Waals surface area contributed by atoms with Crippen LogP contribution in [0, 0.1) is 0 Å². The van der Waals surface area contributed by atoms with E-state index in [2.05, 4.69) is 31.9 Å². The predicted molar refractivity (Wildman–Crippen MR) is 84.2 cm³/mol. The van der Waals surface area contributed by atoms with Crippen molar-refractivity contribution < 1.29 is 0 Å². The van der Waals surface area contributed by atoms with Gasteiger partial charge in [0.2, 0.25) is 0 Å². The van der Waals surface area contributed by atoms with Gasteiger partial charge in [-0.15, -0.1) is 10.2 Å². The van der Waals surface area contributed by atoms with Gasteiger partial charge in [-0.1, -0.05) is 6.42 Å². The summed E-state index contributed by atoms with van der Waals surface area (Å²) in [6.45, 7) is 7.93. The summed E-state index contributed by atoms with van der Waals surface area (Å²) in [7, 11) is 0. The van der Waals surface area contributed by atoms with Gasteiger partial charge >= 0.3 is 0 Å². The van der Waals surface area contributed by atoms with E-state index >= 15 is 0 Å². The van der Waals surface area contributed by atoms with Gasteiger partial charge in [-0.05, 0) is 58.7 Å². The molecule has 0 bridgehead atoms. The van der Waals surface area contributed by atoms with Gasteiger partial charge in [0, 0.05) is 19.0 Å². The smallest absolute Gasteiger partial charge is 0.147 e. The minimum absolute atomic E-state index is 0.780. The van der Waals surface area contributed by atoms with Crippen molar-refractivity contribution in [1.82, 2.24) is 25.0 Å². The molecule has 1 atom stereocenters. The molecule has 1 aromatic rings. The van der Waals surface area contributed by atoms with Gasteiger partial charge in [0.15, 0.2) is 0 Å². The second kappa shape index (κ2) is 7.36. The van der Waals surface area contributed by atoms with Crippen molar-refractivity contribution in [3.8, 4) is 0 Å². The van der Waals surface area contributed by atoms with Crippen molar-refractivity contribution in [3.05, 3.63) is 11.6 Å². The van der Waals surface area contributed by atoms with E-state index in [9.17, 15) is 0 Å². The van der Waals surface area contributed by atoms with Crippen molar-refractivity contribution in [2.24, 2.45) is 0 Å². The Balaban J connectivity index is 1.36. The first-order valence-corrected chi connectivity index (χ1v) is 8.70. The molecule has 3 heterocycles. The molecule has 5 heteroatoms. The Bertz CT molecular complexity index is 442. The predicted octanol–water partition coefficient (Wildman–Crippen LogP) is 1.97. The van der Waals surface area contributed by atoms with Gasteiger partial charge in [0.25, 0.3) is 0 Å². The number of piperidine rings is 1. The summed E-state index contributed by atoms with van der Waals surface area (Å²) < 4.78 is 2.31. The van der Waals surface area contributed by atoms with Crippen LogP contribution in [0.1, 0.15) is 57.1 Å². The van der Waals surface area contributed by atoms with Crippen molar-refractivity contribution in [2.45, 2.75) is 71.0 Å². The zero-order chi connectivity index (χ0) is 14.5. The van der Waals surface area contributed by atoms with E-state index < -0.39 is 0 Å². The largest absolute Gasteiger partial charge is 0.314 e. The Morgan fingerprint density at radius 3 is 2.95 bits per heavy atom. The summed E-state index contributed by atoms with van der Waals surface area (Å²) in [5.41, 5.74) is 0. The standard InChI is InChI=1S/C16H29N5/c1-14-7-2-4-10-20(14)11-6-9-17-13-16-19-18-15-8-3-5-12-21(15)16/h14,17H,2-13H2,1H3. The lowest BCUT2D eigenvalue weighted by Gasteiger charge is -2.33. The zero-order valence-corrected chi connectivity index (χ0v) is 13.4. The maximum atomic E-state index is 4.34. The first kappa shape index (κ1) is 15.0. The highest BCUT2D eigenvalue weighted by molar-refractivity contribution is 4.98. The normalized spacial score (nSPS) is 23.2. The molecule has 0 amide bonds. The van der Waals surface area contributed by atoms with Crippen LogP contribution in [0.4, 0.5) is 0 Å². The topological polar surface area (TPSA) is 46.0 Å². The van der Waals surface area contributed by atoms with E-state index in [1.54, 1.807) is 0 Å². The molecule has 118 valence electrons. The van der Waals surface area contributed by atoms with Crippen LogP contribution >= 0.6 is 0 Å². The summed E-state index contributed by atoms with van der Waals surface area (Å²) >= 11 is 0. The Kier molecular flexibility index (Phi) is 5.25. The molecular formula is C16H29N5. The van der Waals surface area contributed by atoms with Crippen molar-refractivity contribution >= 4 is 0 Å². The first-order chi connectivity index (χ1) is 10.3. The lowest BCUT2D eigenvalue weighted by atomic mass is 10.0. The fraction of sp³-hybridized carbons (Fsp3) is 0.875. The van der Waals surface area contributed by atoms with E-state index in [4.69, 9.17) is 0 Å². The third-order valence-corrected chi connectivity index (χ3v) is 4.96. The third-order valence-electron chi connectivity index (χ3n) is 4.96. The highest BCUT2D eigenvalue weighted by Gasteiger charge is 2.17. The lowest BCUT2D eigenvalue weighted by molar-refractivity contribution is 0.159. The SMILES string of the molecule is CC1CCCCN1CCCNCc1nnc2n1CCCC2. The molecular weight excluding hydrogens is 262 g/mol. The molecule has 2 aliphatic rings. The van der Waals surface area contributed by atoms with Crippen LogP contribution in [0.3, 0.4) is 0 Å². The Morgan fingerprint density at radius 1 is 1.14 bits per heavy atom. The molecule has 1 N–H and O–H groups in total. The second-order valence-electron chi connectivity index (χ2n) is 6.55. The Labute approximate surface area is 128 Å². The van der Waals surface area contributed by atoms with Crippen LogP contribution < -0.4 is 5.32 Å². The molecule has 21 heavy (non-hydrogen) atoms. The van der Waals surface area contributed by atoms with E-state index in [-0.39, 0.29) is 0 Å². The number of fused-ring (bicyclic) bond motifs is 1. The van der Waals surface area contributed by atoms with Crippen molar-refractivity contribution in [3.63, 3.8) is 0 Å². The summed E-state index contributed by atoms with van der Waals surface area (Å²) in [6, 6.07) is 0.780. The van der Waals surface area contributed by atoms with E-state index in [0.29, 0.717) is 0 Å². The molecule has 0 aromatic carbocycles. The van der Waals surface area contributed by atoms with Crippen molar-refractivity contribution in [2.75, 3.05) is 19.6 Å². The van der Waals surface area contributed by atoms with Gasteiger partial charge in [0.1, 0.15) is 11.6 Å². The van der Waals surface area contributed by atoms with Crippen LogP contribution in [0.5, 0.6) is 0 Å². The van der Waals surface area contributed by atoms with Gasteiger partial charge in [-0.3, -0.25) is 0 Å². The average Bonchev–Trinajstić information content (AvgIpc) is 2.92. The maximum absolute atomic E-state index is 4.34. The monoisotopic (exact) mass is 291 g/mol. The lowest BCUT2D eigenvalue weighted by Crippen LogP contribution is -2.38. The number of hydrogen-bond acceptors (Lipinski definition) is 4. The Morgan fingerprint density at radius 2 is 2.05 bits per heavy atom. The van der Waals surface area contributed by atoms with E-state index in [1.807, 2.05) is 0 Å². The molecule has 5 nitrogen and oxygen atoms in total. The molecule has 1 saturated heterocycles. The number of hydrogen-bond donors (Lipinski definition) is 1. The van der Waals surface area contributed by atoms with E-state index in [1.165, 1.54) is 57.4 Å². The maximum Gasteiger partial charge on any atom is 0.147 e. The fourth-order valence-electron chi connectivity index (χ4n) is 3.60. The summed E-state index contributed by atoms with van der Waals surface area (Å²) in [6.07, 6.45) is 9.02. The minimum atomic E-state index is 0.780. The molecule has 1 unspecified atom stereocenters. The van der Waals surface area contributed by atoms with Crippen LogP contribution in [0.25, 0.3) is 0 Å². The molecule has 3 rings (SSSR count).